The maximum atomic E-state index is 12.4. The lowest BCUT2D eigenvalue weighted by Gasteiger charge is -2.31. The Morgan fingerprint density at radius 1 is 1.15 bits per heavy atom. The topological polar surface area (TPSA) is 128 Å². The number of anilines is 3. The molecule has 10 nitrogen and oxygen atoms in total. The summed E-state index contributed by atoms with van der Waals surface area (Å²) in [4.78, 5) is 14.3. The van der Waals surface area contributed by atoms with Crippen LogP contribution in [-0.2, 0) is 11.2 Å². The standard InChI is InChI=1S/C20H20F3N7O3S/c21-20(22,23)33-14-3-1-2-12(10-14)11-16(31)25-15-4-5-17(27-26-15)32-13-6-8-30(9-7-13)19-29-28-18(24)34-19/h1-5,10,13H,6-9,11H2,(H2,24,28)(H,25,26,31). The van der Waals surface area contributed by atoms with Crippen LogP contribution >= 0.6 is 11.3 Å². The monoisotopic (exact) mass is 495 g/mol. The Bertz CT molecular complexity index is 1120. The van der Waals surface area contributed by atoms with E-state index < -0.39 is 18.0 Å². The second-order valence-corrected chi connectivity index (χ2v) is 8.39. The molecule has 0 atom stereocenters. The Hall–Kier alpha value is -3.68. The van der Waals surface area contributed by atoms with Crippen LogP contribution in [0.4, 0.5) is 29.3 Å². The molecule has 3 N–H and O–H groups in total. The normalized spacial score (nSPS) is 14.6. The zero-order valence-electron chi connectivity index (χ0n) is 17.7. The Morgan fingerprint density at radius 2 is 1.94 bits per heavy atom. The molecular formula is C20H20F3N7O3S. The summed E-state index contributed by atoms with van der Waals surface area (Å²) in [6.07, 6.45) is -3.48. The van der Waals surface area contributed by atoms with Gasteiger partial charge < -0.3 is 25.4 Å². The van der Waals surface area contributed by atoms with Crippen molar-refractivity contribution in [3.63, 3.8) is 0 Å². The van der Waals surface area contributed by atoms with Crippen LogP contribution in [0.15, 0.2) is 36.4 Å². The number of nitrogens with two attached hydrogens (primary N) is 1. The van der Waals surface area contributed by atoms with E-state index in [9.17, 15) is 18.0 Å². The Balaban J connectivity index is 1.25. The van der Waals surface area contributed by atoms with E-state index in [1.54, 1.807) is 12.1 Å². The first-order chi connectivity index (χ1) is 16.2. The van der Waals surface area contributed by atoms with Gasteiger partial charge in [-0.3, -0.25) is 4.79 Å². The van der Waals surface area contributed by atoms with Crippen LogP contribution in [0.3, 0.4) is 0 Å². The number of nitrogen functional groups attached to an aromatic ring is 1. The van der Waals surface area contributed by atoms with Crippen LogP contribution in [0, 0.1) is 0 Å². The maximum absolute atomic E-state index is 12.4. The van der Waals surface area contributed by atoms with Crippen LogP contribution in [0.1, 0.15) is 18.4 Å². The molecule has 0 aliphatic carbocycles. The quantitative estimate of drug-likeness (QED) is 0.508. The van der Waals surface area contributed by atoms with Crippen molar-refractivity contribution in [1.29, 1.82) is 0 Å². The minimum absolute atomic E-state index is 0.0394. The minimum atomic E-state index is -4.80. The molecule has 1 saturated heterocycles. The molecule has 4 rings (SSSR count). The van der Waals surface area contributed by atoms with E-state index in [0.717, 1.165) is 43.2 Å². The first-order valence-corrected chi connectivity index (χ1v) is 11.0. The minimum Gasteiger partial charge on any atom is -0.473 e. The molecule has 3 heterocycles. The Morgan fingerprint density at radius 3 is 2.59 bits per heavy atom. The number of benzene rings is 1. The van der Waals surface area contributed by atoms with Crippen molar-refractivity contribution in [2.75, 3.05) is 29.0 Å². The van der Waals surface area contributed by atoms with Gasteiger partial charge in [-0.1, -0.05) is 23.5 Å². The van der Waals surface area contributed by atoms with Crippen molar-refractivity contribution in [2.45, 2.75) is 31.7 Å². The lowest BCUT2D eigenvalue weighted by molar-refractivity contribution is -0.274. The molecule has 0 radical (unpaired) electrons. The molecule has 1 fully saturated rings. The van der Waals surface area contributed by atoms with E-state index in [4.69, 9.17) is 10.5 Å². The smallest absolute Gasteiger partial charge is 0.473 e. The van der Waals surface area contributed by atoms with Gasteiger partial charge in [0, 0.05) is 32.0 Å². The van der Waals surface area contributed by atoms with E-state index >= 15 is 0 Å². The molecule has 1 aliphatic rings. The molecule has 14 heteroatoms. The molecule has 1 amide bonds. The van der Waals surface area contributed by atoms with Gasteiger partial charge in [0.2, 0.25) is 22.1 Å². The number of alkyl halides is 3. The zero-order valence-corrected chi connectivity index (χ0v) is 18.5. The third-order valence-corrected chi connectivity index (χ3v) is 5.65. The fraction of sp³-hybridized carbons (Fsp3) is 0.350. The third kappa shape index (κ3) is 6.66. The predicted molar refractivity (Wildman–Crippen MR) is 118 cm³/mol. The zero-order chi connectivity index (χ0) is 24.1. The van der Waals surface area contributed by atoms with Gasteiger partial charge in [-0.2, -0.15) is 0 Å². The van der Waals surface area contributed by atoms with E-state index in [-0.39, 0.29) is 18.3 Å². The van der Waals surface area contributed by atoms with Gasteiger partial charge in [-0.05, 0) is 23.8 Å². The number of amides is 1. The van der Waals surface area contributed by atoms with Gasteiger partial charge in [0.25, 0.3) is 0 Å². The summed E-state index contributed by atoms with van der Waals surface area (Å²) >= 11 is 1.34. The summed E-state index contributed by atoms with van der Waals surface area (Å²) in [5.74, 6) is -0.327. The van der Waals surface area contributed by atoms with E-state index in [1.165, 1.54) is 23.5 Å². The van der Waals surface area contributed by atoms with Gasteiger partial charge in [0.15, 0.2) is 5.82 Å². The number of piperidine rings is 1. The average molecular weight is 495 g/mol. The second-order valence-electron chi connectivity index (χ2n) is 7.40. The van der Waals surface area contributed by atoms with Crippen molar-refractivity contribution < 1.29 is 27.4 Å². The van der Waals surface area contributed by atoms with E-state index in [0.29, 0.717) is 16.6 Å². The van der Waals surface area contributed by atoms with Crippen molar-refractivity contribution in [1.82, 2.24) is 20.4 Å². The first-order valence-electron chi connectivity index (χ1n) is 10.2. The number of carbonyl (C=O) groups excluding carboxylic acids is 1. The number of nitrogens with one attached hydrogen (secondary N) is 1. The SMILES string of the molecule is Nc1nnc(N2CCC(Oc3ccc(NC(=O)Cc4cccc(OC(F)(F)F)c4)nn3)CC2)s1. The van der Waals surface area contributed by atoms with Crippen molar-refractivity contribution in [3.8, 4) is 11.6 Å². The van der Waals surface area contributed by atoms with Gasteiger partial charge in [-0.25, -0.2) is 0 Å². The highest BCUT2D eigenvalue weighted by Gasteiger charge is 2.31. The second kappa shape index (κ2) is 10.1. The highest BCUT2D eigenvalue weighted by molar-refractivity contribution is 7.18. The number of halogens is 3. The van der Waals surface area contributed by atoms with Crippen molar-refractivity contribution in [2.24, 2.45) is 0 Å². The molecular weight excluding hydrogens is 475 g/mol. The van der Waals surface area contributed by atoms with Gasteiger partial charge in [0.1, 0.15) is 11.9 Å². The molecule has 1 aliphatic heterocycles. The first kappa shape index (κ1) is 23.5. The maximum Gasteiger partial charge on any atom is 0.573 e. The molecule has 0 saturated carbocycles. The Kier molecular flexibility index (Phi) is 6.95. The molecule has 1 aromatic carbocycles. The van der Waals surface area contributed by atoms with Crippen LogP contribution in [0.25, 0.3) is 0 Å². The fourth-order valence-electron chi connectivity index (χ4n) is 3.36. The molecule has 0 bridgehead atoms. The van der Waals surface area contributed by atoms with Crippen LogP contribution in [0.5, 0.6) is 11.6 Å². The number of rotatable bonds is 7. The molecule has 0 spiro atoms. The van der Waals surface area contributed by atoms with Gasteiger partial charge >= 0.3 is 6.36 Å². The van der Waals surface area contributed by atoms with Crippen molar-refractivity contribution >= 4 is 33.3 Å². The van der Waals surface area contributed by atoms with Crippen LogP contribution < -0.4 is 25.4 Å². The lowest BCUT2D eigenvalue weighted by atomic mass is 10.1. The molecule has 2 aromatic heterocycles. The van der Waals surface area contributed by atoms with Crippen LogP contribution in [-0.4, -0.2) is 51.9 Å². The van der Waals surface area contributed by atoms with Gasteiger partial charge in [-0.15, -0.1) is 33.6 Å². The summed E-state index contributed by atoms with van der Waals surface area (Å²) in [6, 6.07) is 8.36. The largest absolute Gasteiger partial charge is 0.573 e. The highest BCUT2D eigenvalue weighted by atomic mass is 32.1. The summed E-state index contributed by atoms with van der Waals surface area (Å²) in [6.45, 7) is 1.49. The van der Waals surface area contributed by atoms with Gasteiger partial charge in [0.05, 0.1) is 6.42 Å². The summed E-state index contributed by atoms with van der Waals surface area (Å²) in [5.41, 5.74) is 5.99. The fourth-order valence-corrected chi connectivity index (χ4v) is 4.03. The predicted octanol–water partition coefficient (Wildman–Crippen LogP) is 3.04. The average Bonchev–Trinajstić information content (AvgIpc) is 3.21. The number of ether oxygens (including phenoxy) is 2. The highest BCUT2D eigenvalue weighted by Crippen LogP contribution is 2.26. The summed E-state index contributed by atoms with van der Waals surface area (Å²) < 4.78 is 46.8. The molecule has 180 valence electrons. The molecule has 0 unspecified atom stereocenters. The Labute approximate surface area is 195 Å². The number of aromatic nitrogens is 4. The number of nitrogens with zero attached hydrogens (tertiary/aromatic N) is 5. The van der Waals surface area contributed by atoms with E-state index in [1.807, 2.05) is 0 Å². The lowest BCUT2D eigenvalue weighted by Crippen LogP contribution is -2.38. The number of carbonyl (C=O) groups is 1. The van der Waals surface area contributed by atoms with E-state index in [2.05, 4.69) is 35.3 Å². The number of hydrogen-bond acceptors (Lipinski definition) is 10. The molecule has 3 aromatic rings. The molecule has 34 heavy (non-hydrogen) atoms. The summed E-state index contributed by atoms with van der Waals surface area (Å²) in [5, 5.41) is 19.6. The van der Waals surface area contributed by atoms with Crippen LogP contribution in [0.2, 0.25) is 0 Å². The number of hydrogen-bond donors (Lipinski definition) is 2. The summed E-state index contributed by atoms with van der Waals surface area (Å²) in [7, 11) is 0. The van der Waals surface area contributed by atoms with Crippen molar-refractivity contribution in [3.05, 3.63) is 42.0 Å². The third-order valence-electron chi connectivity index (χ3n) is 4.83.